The van der Waals surface area contributed by atoms with Crippen LogP contribution in [0.3, 0.4) is 0 Å². The Bertz CT molecular complexity index is 587. The van der Waals surface area contributed by atoms with E-state index >= 15 is 0 Å². The average molecular weight is 287 g/mol. The van der Waals surface area contributed by atoms with Crippen molar-refractivity contribution in [2.24, 2.45) is 12.2 Å². The first-order valence-corrected chi connectivity index (χ1v) is 7.52. The van der Waals surface area contributed by atoms with E-state index in [-0.39, 0.29) is 16.3 Å². The number of rotatable bonds is 4. The number of nitrogens with two attached hydrogens (primary N) is 1. The zero-order chi connectivity index (χ0) is 15.0. The summed E-state index contributed by atoms with van der Waals surface area (Å²) in [7, 11) is -0.473. The number of carbonyl (C=O) groups excluding carboxylic acids is 1. The Balaban J connectivity index is 3.18. The van der Waals surface area contributed by atoms with Crippen LogP contribution in [-0.2, 0) is 17.1 Å². The van der Waals surface area contributed by atoms with Crippen LogP contribution in [0.2, 0.25) is 0 Å². The van der Waals surface area contributed by atoms with Gasteiger partial charge in [-0.1, -0.05) is 6.92 Å². The van der Waals surface area contributed by atoms with Gasteiger partial charge in [0.2, 0.25) is 10.0 Å². The van der Waals surface area contributed by atoms with Crippen LogP contribution in [0.25, 0.3) is 0 Å². The largest absolute Gasteiger partial charge is 0.345 e. The summed E-state index contributed by atoms with van der Waals surface area (Å²) in [6, 6.07) is 1.31. The van der Waals surface area contributed by atoms with Gasteiger partial charge in [0.15, 0.2) is 0 Å². The molecule has 0 unspecified atom stereocenters. The lowest BCUT2D eigenvalue weighted by atomic mass is 9.99. The van der Waals surface area contributed by atoms with Crippen molar-refractivity contribution in [2.45, 2.75) is 37.6 Å². The molecule has 0 aliphatic carbocycles. The molecule has 0 aliphatic rings. The van der Waals surface area contributed by atoms with Crippen LogP contribution < -0.4 is 5.14 Å². The van der Waals surface area contributed by atoms with Gasteiger partial charge in [0.05, 0.1) is 0 Å². The molecular weight excluding hydrogens is 266 g/mol. The molecule has 0 aliphatic heterocycles. The number of amides is 1. The smallest absolute Gasteiger partial charge is 0.270 e. The Morgan fingerprint density at radius 3 is 2.37 bits per heavy atom. The minimum absolute atomic E-state index is 0.0546. The first-order chi connectivity index (χ1) is 8.50. The van der Waals surface area contributed by atoms with E-state index in [1.807, 2.05) is 20.8 Å². The Labute approximate surface area is 114 Å². The molecule has 1 heterocycles. The highest BCUT2D eigenvalue weighted by atomic mass is 32.2. The molecule has 0 spiro atoms. The summed E-state index contributed by atoms with van der Waals surface area (Å²) >= 11 is 0. The first-order valence-electron chi connectivity index (χ1n) is 5.98. The predicted octanol–water partition coefficient (Wildman–Crippen LogP) is 0.933. The summed E-state index contributed by atoms with van der Waals surface area (Å²) in [5, 5.41) is 5.06. The molecule has 7 heteroatoms. The van der Waals surface area contributed by atoms with Crippen LogP contribution in [0.5, 0.6) is 0 Å². The number of hydrogen-bond donors (Lipinski definition) is 1. The van der Waals surface area contributed by atoms with Crippen molar-refractivity contribution in [1.82, 2.24) is 9.47 Å². The third kappa shape index (κ3) is 3.16. The topological polar surface area (TPSA) is 85.4 Å². The third-order valence-electron chi connectivity index (χ3n) is 3.61. The Hall–Kier alpha value is -1.34. The van der Waals surface area contributed by atoms with E-state index in [2.05, 4.69) is 0 Å². The summed E-state index contributed by atoms with van der Waals surface area (Å²) in [4.78, 5) is 13.9. The van der Waals surface area contributed by atoms with Gasteiger partial charge in [-0.05, 0) is 26.3 Å². The highest BCUT2D eigenvalue weighted by Crippen LogP contribution is 2.21. The summed E-state index contributed by atoms with van der Waals surface area (Å²) in [5.41, 5.74) is -0.00335. The van der Waals surface area contributed by atoms with Gasteiger partial charge < -0.3 is 9.47 Å². The molecule has 1 rings (SSSR count). The molecule has 108 valence electrons. The molecule has 0 saturated carbocycles. The second-order valence-electron chi connectivity index (χ2n) is 5.25. The maximum atomic E-state index is 12.4. The first kappa shape index (κ1) is 15.7. The van der Waals surface area contributed by atoms with Crippen molar-refractivity contribution in [3.63, 3.8) is 0 Å². The number of carbonyl (C=O) groups is 1. The Morgan fingerprint density at radius 1 is 1.47 bits per heavy atom. The molecule has 0 fully saturated rings. The van der Waals surface area contributed by atoms with Crippen molar-refractivity contribution in [1.29, 1.82) is 0 Å². The Morgan fingerprint density at radius 2 is 2.00 bits per heavy atom. The van der Waals surface area contributed by atoms with Gasteiger partial charge in [0.1, 0.15) is 10.6 Å². The minimum atomic E-state index is -3.80. The van der Waals surface area contributed by atoms with Gasteiger partial charge >= 0.3 is 0 Å². The monoisotopic (exact) mass is 287 g/mol. The second-order valence-corrected chi connectivity index (χ2v) is 6.81. The van der Waals surface area contributed by atoms with Crippen molar-refractivity contribution in [3.8, 4) is 0 Å². The minimum Gasteiger partial charge on any atom is -0.345 e. The number of nitrogens with zero attached hydrogens (tertiary/aromatic N) is 2. The van der Waals surface area contributed by atoms with Gasteiger partial charge in [0.25, 0.3) is 5.91 Å². The number of hydrogen-bond acceptors (Lipinski definition) is 3. The molecule has 0 atom stereocenters. The van der Waals surface area contributed by atoms with E-state index in [0.717, 1.165) is 6.42 Å². The van der Waals surface area contributed by atoms with Gasteiger partial charge in [-0.15, -0.1) is 0 Å². The van der Waals surface area contributed by atoms with Crippen molar-refractivity contribution >= 4 is 15.9 Å². The fourth-order valence-electron chi connectivity index (χ4n) is 1.59. The lowest BCUT2D eigenvalue weighted by Gasteiger charge is -2.34. The standard InChI is InChI=1S/C12H21N3O3S/c1-6-12(2,3)15(5)11(16)10-7-9(8-14(10)4)19(13,17)18/h7-8H,6H2,1-5H3,(H2,13,17,18). The van der Waals surface area contributed by atoms with Crippen molar-refractivity contribution < 1.29 is 13.2 Å². The summed E-state index contributed by atoms with van der Waals surface area (Å²) in [6.45, 7) is 5.90. The van der Waals surface area contributed by atoms with E-state index < -0.39 is 10.0 Å². The zero-order valence-corrected chi connectivity index (χ0v) is 12.8. The van der Waals surface area contributed by atoms with E-state index in [1.165, 1.54) is 16.8 Å². The normalized spacial score (nSPS) is 12.5. The molecule has 0 radical (unpaired) electrons. The molecule has 6 nitrogen and oxygen atoms in total. The van der Waals surface area contributed by atoms with Crippen LogP contribution in [0, 0.1) is 0 Å². The Kier molecular flexibility index (Phi) is 4.11. The molecule has 1 amide bonds. The summed E-state index contributed by atoms with van der Waals surface area (Å²) in [6.07, 6.45) is 2.14. The number of sulfonamides is 1. The van der Waals surface area contributed by atoms with E-state index in [0.29, 0.717) is 5.69 Å². The predicted molar refractivity (Wildman–Crippen MR) is 73.2 cm³/mol. The fraction of sp³-hybridized carbons (Fsp3) is 0.583. The molecule has 0 bridgehead atoms. The van der Waals surface area contributed by atoms with E-state index in [1.54, 1.807) is 19.0 Å². The SMILES string of the molecule is CCC(C)(C)N(C)C(=O)c1cc(S(N)(=O)=O)cn1C. The molecule has 1 aromatic rings. The molecule has 0 aromatic carbocycles. The maximum absolute atomic E-state index is 12.4. The lowest BCUT2D eigenvalue weighted by molar-refractivity contribution is 0.0610. The fourth-order valence-corrected chi connectivity index (χ4v) is 2.17. The molecule has 2 N–H and O–H groups in total. The van der Waals surface area contributed by atoms with Gasteiger partial charge in [0, 0.05) is 25.8 Å². The second kappa shape index (κ2) is 4.97. The van der Waals surface area contributed by atoms with E-state index in [9.17, 15) is 13.2 Å². The zero-order valence-electron chi connectivity index (χ0n) is 12.0. The average Bonchev–Trinajstić information content (AvgIpc) is 2.69. The van der Waals surface area contributed by atoms with E-state index in [4.69, 9.17) is 5.14 Å². The molecular formula is C12H21N3O3S. The van der Waals surface area contributed by atoms with Gasteiger partial charge in [-0.3, -0.25) is 4.79 Å². The van der Waals surface area contributed by atoms with Crippen molar-refractivity contribution in [2.75, 3.05) is 7.05 Å². The summed E-state index contributed by atoms with van der Waals surface area (Å²) < 4.78 is 24.0. The highest BCUT2D eigenvalue weighted by Gasteiger charge is 2.28. The van der Waals surface area contributed by atoms with Gasteiger partial charge in [-0.25, -0.2) is 13.6 Å². The molecule has 0 saturated heterocycles. The number of aromatic nitrogens is 1. The van der Waals surface area contributed by atoms with Gasteiger partial charge in [-0.2, -0.15) is 0 Å². The van der Waals surface area contributed by atoms with Crippen LogP contribution in [0.4, 0.5) is 0 Å². The van der Waals surface area contributed by atoms with Crippen LogP contribution in [-0.4, -0.2) is 36.4 Å². The summed E-state index contributed by atoms with van der Waals surface area (Å²) in [5.74, 6) is -0.232. The third-order valence-corrected chi connectivity index (χ3v) is 4.49. The van der Waals surface area contributed by atoms with Crippen LogP contribution >= 0.6 is 0 Å². The quantitative estimate of drug-likeness (QED) is 0.894. The van der Waals surface area contributed by atoms with Crippen molar-refractivity contribution in [3.05, 3.63) is 18.0 Å². The maximum Gasteiger partial charge on any atom is 0.270 e. The van der Waals surface area contributed by atoms with Crippen LogP contribution in [0.1, 0.15) is 37.7 Å². The lowest BCUT2D eigenvalue weighted by Crippen LogP contribution is -2.45. The number of primary sulfonamides is 1. The molecule has 19 heavy (non-hydrogen) atoms. The van der Waals surface area contributed by atoms with Crippen LogP contribution in [0.15, 0.2) is 17.2 Å². The molecule has 1 aromatic heterocycles. The highest BCUT2D eigenvalue weighted by molar-refractivity contribution is 7.89. The number of aryl methyl sites for hydroxylation is 1.